The van der Waals surface area contributed by atoms with Crippen LogP contribution in [0.3, 0.4) is 0 Å². The molecule has 1 aromatic carbocycles. The molecule has 0 bridgehead atoms. The zero-order chi connectivity index (χ0) is 19.3. The predicted molar refractivity (Wildman–Crippen MR) is 111 cm³/mol. The summed E-state index contributed by atoms with van der Waals surface area (Å²) in [6, 6.07) is 14.1. The first-order valence-corrected chi connectivity index (χ1v) is 10.5. The van der Waals surface area contributed by atoms with Crippen LogP contribution in [0.15, 0.2) is 53.1 Å². The lowest BCUT2D eigenvalue weighted by Gasteiger charge is -2.21. The fourth-order valence-corrected chi connectivity index (χ4v) is 4.49. The maximum atomic E-state index is 12.9. The summed E-state index contributed by atoms with van der Waals surface area (Å²) < 4.78 is 5.45. The molecule has 3 aromatic rings. The van der Waals surface area contributed by atoms with Crippen LogP contribution >= 0.6 is 11.3 Å². The van der Waals surface area contributed by atoms with Gasteiger partial charge in [0.15, 0.2) is 0 Å². The van der Waals surface area contributed by atoms with E-state index < -0.39 is 0 Å². The van der Waals surface area contributed by atoms with Crippen molar-refractivity contribution in [3.05, 3.63) is 65.1 Å². The molecule has 0 N–H and O–H groups in total. The Bertz CT molecular complexity index is 905. The molecule has 6 heteroatoms. The van der Waals surface area contributed by atoms with E-state index in [1.54, 1.807) is 17.6 Å². The number of carbonyl (C=O) groups excluding carboxylic acids is 1. The molecule has 1 fully saturated rings. The first-order valence-electron chi connectivity index (χ1n) is 9.73. The first-order chi connectivity index (χ1) is 13.7. The van der Waals surface area contributed by atoms with Gasteiger partial charge in [-0.15, -0.1) is 11.3 Å². The summed E-state index contributed by atoms with van der Waals surface area (Å²) in [6.45, 7) is 6.29. The SMILES string of the molecule is Cc1sc(-c2ccccc2)nc1CC(=O)N1CCCN(Cc2ccco2)CC1. The molecule has 1 aliphatic rings. The summed E-state index contributed by atoms with van der Waals surface area (Å²) in [5.41, 5.74) is 2.02. The van der Waals surface area contributed by atoms with Gasteiger partial charge in [0.25, 0.3) is 0 Å². The fourth-order valence-electron chi connectivity index (χ4n) is 3.55. The third kappa shape index (κ3) is 4.51. The summed E-state index contributed by atoms with van der Waals surface area (Å²) >= 11 is 1.66. The summed E-state index contributed by atoms with van der Waals surface area (Å²) in [4.78, 5) is 23.1. The monoisotopic (exact) mass is 395 g/mol. The van der Waals surface area contributed by atoms with E-state index >= 15 is 0 Å². The second-order valence-corrected chi connectivity index (χ2v) is 8.36. The van der Waals surface area contributed by atoms with Gasteiger partial charge in [-0.25, -0.2) is 4.98 Å². The fraction of sp³-hybridized carbons (Fsp3) is 0.364. The van der Waals surface area contributed by atoms with Crippen molar-refractivity contribution in [2.45, 2.75) is 26.3 Å². The van der Waals surface area contributed by atoms with Crippen molar-refractivity contribution >= 4 is 17.2 Å². The van der Waals surface area contributed by atoms with E-state index in [0.29, 0.717) is 6.42 Å². The molecular formula is C22H25N3O2S. The van der Waals surface area contributed by atoms with Crippen LogP contribution in [0.4, 0.5) is 0 Å². The van der Waals surface area contributed by atoms with E-state index in [4.69, 9.17) is 9.40 Å². The molecule has 0 unspecified atom stereocenters. The third-order valence-electron chi connectivity index (χ3n) is 5.13. The molecule has 0 saturated carbocycles. The van der Waals surface area contributed by atoms with Crippen molar-refractivity contribution in [3.8, 4) is 10.6 Å². The van der Waals surface area contributed by atoms with Crippen molar-refractivity contribution in [2.24, 2.45) is 0 Å². The van der Waals surface area contributed by atoms with Crippen molar-refractivity contribution < 1.29 is 9.21 Å². The number of thiazole rings is 1. The second kappa shape index (κ2) is 8.71. The highest BCUT2D eigenvalue weighted by molar-refractivity contribution is 7.15. The van der Waals surface area contributed by atoms with Gasteiger partial charge in [-0.05, 0) is 25.5 Å². The molecule has 0 atom stereocenters. The molecule has 1 aliphatic heterocycles. The van der Waals surface area contributed by atoms with E-state index in [9.17, 15) is 4.79 Å². The van der Waals surface area contributed by atoms with Crippen LogP contribution in [0, 0.1) is 6.92 Å². The van der Waals surface area contributed by atoms with Crippen molar-refractivity contribution in [2.75, 3.05) is 26.2 Å². The number of carbonyl (C=O) groups is 1. The van der Waals surface area contributed by atoms with Crippen molar-refractivity contribution in [1.29, 1.82) is 0 Å². The maximum absolute atomic E-state index is 12.9. The van der Waals surface area contributed by atoms with Crippen LogP contribution in [0.1, 0.15) is 22.8 Å². The molecule has 4 rings (SSSR count). The Balaban J connectivity index is 1.37. The lowest BCUT2D eigenvalue weighted by molar-refractivity contribution is -0.130. The number of furan rings is 1. The smallest absolute Gasteiger partial charge is 0.228 e. The quantitative estimate of drug-likeness (QED) is 0.655. The minimum Gasteiger partial charge on any atom is -0.468 e. The molecule has 28 heavy (non-hydrogen) atoms. The summed E-state index contributed by atoms with van der Waals surface area (Å²) in [5, 5.41) is 0.987. The van der Waals surface area contributed by atoms with Crippen molar-refractivity contribution in [3.63, 3.8) is 0 Å². The maximum Gasteiger partial charge on any atom is 0.228 e. The normalized spacial score (nSPS) is 15.5. The minimum absolute atomic E-state index is 0.174. The topological polar surface area (TPSA) is 49.6 Å². The molecule has 0 spiro atoms. The number of aromatic nitrogens is 1. The molecule has 146 valence electrons. The van der Waals surface area contributed by atoms with Crippen LogP contribution in [0.25, 0.3) is 10.6 Å². The molecule has 1 amide bonds. The molecule has 2 aromatic heterocycles. The highest BCUT2D eigenvalue weighted by Gasteiger charge is 2.21. The summed E-state index contributed by atoms with van der Waals surface area (Å²) in [6.07, 6.45) is 3.08. The molecular weight excluding hydrogens is 370 g/mol. The van der Waals surface area contributed by atoms with E-state index in [0.717, 1.165) is 66.0 Å². The number of rotatable bonds is 5. The Hall–Kier alpha value is -2.44. The highest BCUT2D eigenvalue weighted by Crippen LogP contribution is 2.28. The summed E-state index contributed by atoms with van der Waals surface area (Å²) in [7, 11) is 0. The first kappa shape index (κ1) is 18.9. The van der Waals surface area contributed by atoms with Crippen LogP contribution in [0.2, 0.25) is 0 Å². The Labute approximate surface area is 169 Å². The molecule has 3 heterocycles. The van der Waals surface area contributed by atoms with Crippen LogP contribution in [-0.4, -0.2) is 46.9 Å². The van der Waals surface area contributed by atoms with Crippen LogP contribution in [-0.2, 0) is 17.8 Å². The van der Waals surface area contributed by atoms with Gasteiger partial charge in [0, 0.05) is 36.6 Å². The van der Waals surface area contributed by atoms with Gasteiger partial charge in [-0.1, -0.05) is 30.3 Å². The lowest BCUT2D eigenvalue weighted by atomic mass is 10.2. The van der Waals surface area contributed by atoms with Gasteiger partial charge >= 0.3 is 0 Å². The van der Waals surface area contributed by atoms with Gasteiger partial charge in [0.2, 0.25) is 5.91 Å². The minimum atomic E-state index is 0.174. The average Bonchev–Trinajstić information content (AvgIpc) is 3.27. The predicted octanol–water partition coefficient (Wildman–Crippen LogP) is 3.99. The number of hydrogen-bond donors (Lipinski definition) is 0. The number of amides is 1. The zero-order valence-corrected chi connectivity index (χ0v) is 17.0. The van der Waals surface area contributed by atoms with Gasteiger partial charge < -0.3 is 9.32 Å². The Morgan fingerprint density at radius 3 is 2.75 bits per heavy atom. The van der Waals surface area contributed by atoms with Crippen LogP contribution < -0.4 is 0 Å². The van der Waals surface area contributed by atoms with E-state index in [-0.39, 0.29) is 5.91 Å². The number of benzene rings is 1. The average molecular weight is 396 g/mol. The zero-order valence-electron chi connectivity index (χ0n) is 16.1. The molecule has 1 saturated heterocycles. The van der Waals surface area contributed by atoms with E-state index in [1.165, 1.54) is 0 Å². The van der Waals surface area contributed by atoms with Gasteiger partial charge in [0.05, 0.1) is 24.9 Å². The second-order valence-electron chi connectivity index (χ2n) is 7.15. The Kier molecular flexibility index (Phi) is 5.88. The Morgan fingerprint density at radius 2 is 1.96 bits per heavy atom. The largest absolute Gasteiger partial charge is 0.468 e. The molecule has 0 radical (unpaired) electrons. The Morgan fingerprint density at radius 1 is 1.11 bits per heavy atom. The summed E-state index contributed by atoms with van der Waals surface area (Å²) in [5.74, 6) is 1.15. The lowest BCUT2D eigenvalue weighted by Crippen LogP contribution is -2.36. The molecule has 0 aliphatic carbocycles. The van der Waals surface area contributed by atoms with Gasteiger partial charge in [0.1, 0.15) is 10.8 Å². The number of nitrogens with zero attached hydrogens (tertiary/aromatic N) is 3. The van der Waals surface area contributed by atoms with E-state index in [2.05, 4.69) is 24.0 Å². The van der Waals surface area contributed by atoms with Gasteiger partial charge in [-0.3, -0.25) is 9.69 Å². The highest BCUT2D eigenvalue weighted by atomic mass is 32.1. The standard InChI is InChI=1S/C22H25N3O2S/c1-17-20(23-22(28-17)18-7-3-2-4-8-18)15-21(26)25-11-6-10-24(12-13-25)16-19-9-5-14-27-19/h2-5,7-9,14H,6,10-13,15-16H2,1H3. The number of hydrogen-bond acceptors (Lipinski definition) is 5. The van der Waals surface area contributed by atoms with Gasteiger partial charge in [-0.2, -0.15) is 0 Å². The third-order valence-corrected chi connectivity index (χ3v) is 6.19. The molecule has 5 nitrogen and oxygen atoms in total. The number of aryl methyl sites for hydroxylation is 1. The van der Waals surface area contributed by atoms with E-state index in [1.807, 2.05) is 35.2 Å². The van der Waals surface area contributed by atoms with Crippen molar-refractivity contribution in [1.82, 2.24) is 14.8 Å². The van der Waals surface area contributed by atoms with Crippen LogP contribution in [0.5, 0.6) is 0 Å².